The summed E-state index contributed by atoms with van der Waals surface area (Å²) in [6.07, 6.45) is -1.16. The fourth-order valence-electron chi connectivity index (χ4n) is 2.29. The summed E-state index contributed by atoms with van der Waals surface area (Å²) in [5.41, 5.74) is 1.79. The van der Waals surface area contributed by atoms with E-state index in [0.29, 0.717) is 23.1 Å². The highest BCUT2D eigenvalue weighted by Gasteiger charge is 2.32. The number of rotatable bonds is 4. The third-order valence-electron chi connectivity index (χ3n) is 3.29. The molecule has 3 aromatic rings. The second-order valence-electron chi connectivity index (χ2n) is 4.92. The maximum absolute atomic E-state index is 12.6. The summed E-state index contributed by atoms with van der Waals surface area (Å²) in [4.78, 5) is 14.6. The predicted octanol–water partition coefficient (Wildman–Crippen LogP) is 4.25. The van der Waals surface area contributed by atoms with Crippen LogP contribution in [0.5, 0.6) is 5.75 Å². The number of carbonyl (C=O) groups excluding carboxylic acids is 1. The molecule has 0 aliphatic heterocycles. The molecule has 0 atom stereocenters. The Kier molecular flexibility index (Phi) is 4.07. The van der Waals surface area contributed by atoms with Crippen molar-refractivity contribution in [2.24, 2.45) is 0 Å². The van der Waals surface area contributed by atoms with Crippen LogP contribution in [0.25, 0.3) is 16.8 Å². The second kappa shape index (κ2) is 6.19. The average Bonchev–Trinajstić information content (AvgIpc) is 3.03. The first-order valence-electron chi connectivity index (χ1n) is 6.91. The minimum absolute atomic E-state index is 0.265. The first-order chi connectivity index (χ1) is 11.5. The van der Waals surface area contributed by atoms with E-state index in [9.17, 15) is 18.0 Å². The Labute approximate surface area is 135 Å². The van der Waals surface area contributed by atoms with Gasteiger partial charge in [-0.2, -0.15) is 0 Å². The van der Waals surface area contributed by atoms with Gasteiger partial charge >= 0.3 is 6.36 Å². The lowest BCUT2D eigenvalue weighted by Gasteiger charge is -2.14. The molecular weight excluding hydrogens is 321 g/mol. The van der Waals surface area contributed by atoms with Crippen molar-refractivity contribution in [2.75, 3.05) is 0 Å². The van der Waals surface area contributed by atoms with E-state index in [4.69, 9.17) is 0 Å². The van der Waals surface area contributed by atoms with Crippen molar-refractivity contribution in [2.45, 2.75) is 6.36 Å². The molecule has 0 bridgehead atoms. The summed E-state index contributed by atoms with van der Waals surface area (Å²) in [5.74, 6) is -0.277. The maximum Gasteiger partial charge on any atom is 0.573 e. The highest BCUT2D eigenvalue weighted by Crippen LogP contribution is 2.34. The molecule has 0 N–H and O–H groups in total. The number of benzene rings is 2. The molecule has 0 fully saturated rings. The third kappa shape index (κ3) is 3.45. The lowest BCUT2D eigenvalue weighted by molar-refractivity contribution is -0.274. The molecule has 7 heteroatoms. The normalized spacial score (nSPS) is 11.3. The Morgan fingerprint density at radius 2 is 1.88 bits per heavy atom. The summed E-state index contributed by atoms with van der Waals surface area (Å²) in [6, 6.07) is 12.7. The largest absolute Gasteiger partial charge is 0.573 e. The highest BCUT2D eigenvalue weighted by atomic mass is 19.4. The van der Waals surface area contributed by atoms with Gasteiger partial charge in [-0.3, -0.25) is 4.79 Å². The van der Waals surface area contributed by atoms with E-state index < -0.39 is 6.36 Å². The molecule has 0 saturated heterocycles. The molecule has 0 radical (unpaired) electrons. The van der Waals surface area contributed by atoms with Gasteiger partial charge in [0.2, 0.25) is 0 Å². The van der Waals surface area contributed by atoms with Crippen LogP contribution < -0.4 is 4.74 Å². The zero-order valence-corrected chi connectivity index (χ0v) is 12.2. The monoisotopic (exact) mass is 332 g/mol. The van der Waals surface area contributed by atoms with Crippen molar-refractivity contribution in [3.63, 3.8) is 0 Å². The summed E-state index contributed by atoms with van der Waals surface area (Å²) < 4.78 is 43.4. The number of carbonyl (C=O) groups is 1. The van der Waals surface area contributed by atoms with Crippen LogP contribution in [0, 0.1) is 0 Å². The predicted molar refractivity (Wildman–Crippen MR) is 81.1 cm³/mol. The number of ether oxygens (including phenoxy) is 1. The smallest absolute Gasteiger partial charge is 0.405 e. The number of aromatic nitrogens is 2. The Morgan fingerprint density at radius 3 is 2.58 bits per heavy atom. The summed E-state index contributed by atoms with van der Waals surface area (Å²) >= 11 is 0. The van der Waals surface area contributed by atoms with E-state index in [-0.39, 0.29) is 11.4 Å². The fraction of sp³-hybridized carbons (Fsp3) is 0.0588. The van der Waals surface area contributed by atoms with E-state index in [1.165, 1.54) is 24.7 Å². The molecule has 0 spiro atoms. The van der Waals surface area contributed by atoms with Crippen LogP contribution in [0.4, 0.5) is 13.2 Å². The van der Waals surface area contributed by atoms with Crippen LogP contribution in [0.2, 0.25) is 0 Å². The van der Waals surface area contributed by atoms with Crippen LogP contribution in [0.1, 0.15) is 10.5 Å². The van der Waals surface area contributed by atoms with E-state index in [1.54, 1.807) is 41.0 Å². The van der Waals surface area contributed by atoms with Gasteiger partial charge in [0, 0.05) is 17.4 Å². The number of hydrogen-bond acceptors (Lipinski definition) is 3. The number of imidazole rings is 1. The minimum atomic E-state index is -4.77. The number of aldehydes is 1. The summed E-state index contributed by atoms with van der Waals surface area (Å²) in [5, 5.41) is 0. The number of halogens is 3. The number of hydrogen-bond donors (Lipinski definition) is 0. The van der Waals surface area contributed by atoms with E-state index in [0.717, 1.165) is 0 Å². The van der Waals surface area contributed by atoms with Crippen molar-refractivity contribution >= 4 is 6.29 Å². The van der Waals surface area contributed by atoms with Crippen LogP contribution in [0.3, 0.4) is 0 Å². The van der Waals surface area contributed by atoms with E-state index >= 15 is 0 Å². The van der Waals surface area contributed by atoms with Gasteiger partial charge in [-0.25, -0.2) is 4.98 Å². The molecule has 122 valence electrons. The quantitative estimate of drug-likeness (QED) is 0.671. The number of nitrogens with zero attached hydrogens (tertiary/aromatic N) is 2. The lowest BCUT2D eigenvalue weighted by atomic mass is 10.0. The van der Waals surface area contributed by atoms with Gasteiger partial charge in [-0.1, -0.05) is 30.3 Å². The molecule has 0 amide bonds. The van der Waals surface area contributed by atoms with Gasteiger partial charge < -0.3 is 9.30 Å². The van der Waals surface area contributed by atoms with Gasteiger partial charge in [0.1, 0.15) is 17.8 Å². The molecule has 2 aromatic carbocycles. The van der Waals surface area contributed by atoms with Gasteiger partial charge in [0.25, 0.3) is 0 Å². The number of alkyl halides is 3. The van der Waals surface area contributed by atoms with Crippen LogP contribution >= 0.6 is 0 Å². The van der Waals surface area contributed by atoms with Crippen LogP contribution in [-0.4, -0.2) is 22.2 Å². The Balaban J connectivity index is 2.02. The zero-order chi connectivity index (χ0) is 17.2. The first-order valence-corrected chi connectivity index (χ1v) is 6.91. The van der Waals surface area contributed by atoms with Crippen LogP contribution in [-0.2, 0) is 0 Å². The van der Waals surface area contributed by atoms with Crippen molar-refractivity contribution < 1.29 is 22.7 Å². The average molecular weight is 332 g/mol. The van der Waals surface area contributed by atoms with Gasteiger partial charge in [-0.15, -0.1) is 13.2 Å². The van der Waals surface area contributed by atoms with Gasteiger partial charge in [0.15, 0.2) is 6.29 Å². The lowest BCUT2D eigenvalue weighted by Crippen LogP contribution is -2.17. The molecule has 4 nitrogen and oxygen atoms in total. The molecule has 0 unspecified atom stereocenters. The topological polar surface area (TPSA) is 44.1 Å². The molecule has 0 aliphatic carbocycles. The molecule has 0 aliphatic rings. The Morgan fingerprint density at radius 1 is 1.08 bits per heavy atom. The molecule has 3 rings (SSSR count). The Hall–Kier alpha value is -3.09. The minimum Gasteiger partial charge on any atom is -0.405 e. The van der Waals surface area contributed by atoms with Crippen molar-refractivity contribution in [1.82, 2.24) is 9.55 Å². The first kappa shape index (κ1) is 15.8. The summed E-state index contributed by atoms with van der Waals surface area (Å²) in [6.45, 7) is 0. The highest BCUT2D eigenvalue weighted by molar-refractivity contribution is 5.73. The molecule has 24 heavy (non-hydrogen) atoms. The second-order valence-corrected chi connectivity index (χ2v) is 4.92. The van der Waals surface area contributed by atoms with Gasteiger partial charge in [0.05, 0.1) is 0 Å². The molecule has 1 aromatic heterocycles. The zero-order valence-electron chi connectivity index (χ0n) is 12.2. The van der Waals surface area contributed by atoms with E-state index in [1.807, 2.05) is 0 Å². The fourth-order valence-corrected chi connectivity index (χ4v) is 2.29. The van der Waals surface area contributed by atoms with Crippen molar-refractivity contribution in [3.8, 4) is 22.6 Å². The summed E-state index contributed by atoms with van der Waals surface area (Å²) in [7, 11) is 0. The van der Waals surface area contributed by atoms with E-state index in [2.05, 4.69) is 9.72 Å². The standard InChI is InChI=1S/C17H11F3N2O2/c18-17(19,20)24-16-7-2-1-6-15(16)12-4-3-5-14(8-12)22-9-13(10-23)21-11-22/h1-11H. The molecular formula is C17H11F3N2O2. The number of para-hydroxylation sites is 1. The van der Waals surface area contributed by atoms with Crippen LogP contribution in [0.15, 0.2) is 61.1 Å². The maximum atomic E-state index is 12.6. The molecule has 0 saturated carbocycles. The van der Waals surface area contributed by atoms with Crippen molar-refractivity contribution in [3.05, 3.63) is 66.7 Å². The third-order valence-corrected chi connectivity index (χ3v) is 3.29. The SMILES string of the molecule is O=Cc1cn(-c2cccc(-c3ccccc3OC(F)(F)F)c2)cn1. The van der Waals surface area contributed by atoms with Gasteiger partial charge in [-0.05, 0) is 23.8 Å². The van der Waals surface area contributed by atoms with Crippen molar-refractivity contribution in [1.29, 1.82) is 0 Å². The molecule has 1 heterocycles. The Bertz CT molecular complexity index is 872.